The summed E-state index contributed by atoms with van der Waals surface area (Å²) in [6, 6.07) is 1.01. The summed E-state index contributed by atoms with van der Waals surface area (Å²) in [6.07, 6.45) is 2.97. The molecular weight excluding hydrogens is 176 g/mol. The fraction of sp³-hybridized carbons (Fsp3) is 0.909. The van der Waals surface area contributed by atoms with Gasteiger partial charge in [0.15, 0.2) is 0 Å². The summed E-state index contributed by atoms with van der Waals surface area (Å²) in [4.78, 5) is 13.5. The Balaban J connectivity index is 2.39. The van der Waals surface area contributed by atoms with Gasteiger partial charge in [-0.05, 0) is 12.8 Å². The average molecular weight is 198 g/mol. The molecule has 3 nitrogen and oxygen atoms in total. The minimum Gasteiger partial charge on any atom is -0.341 e. The molecule has 0 aromatic heterocycles. The number of amides is 1. The van der Waals surface area contributed by atoms with E-state index in [9.17, 15) is 4.79 Å². The zero-order chi connectivity index (χ0) is 10.6. The first-order valence-corrected chi connectivity index (χ1v) is 5.67. The molecule has 0 aliphatic carbocycles. The predicted molar refractivity (Wildman–Crippen MR) is 58.2 cm³/mol. The van der Waals surface area contributed by atoms with Crippen molar-refractivity contribution >= 4 is 5.91 Å². The van der Waals surface area contributed by atoms with Gasteiger partial charge in [0.05, 0.1) is 0 Å². The highest BCUT2D eigenvalue weighted by atomic mass is 16.2. The number of hydrogen-bond donors (Lipinski definition) is 1. The molecule has 0 spiro atoms. The van der Waals surface area contributed by atoms with E-state index in [1.807, 2.05) is 11.8 Å². The molecular formula is C11H22N2O. The van der Waals surface area contributed by atoms with E-state index in [-0.39, 0.29) is 0 Å². The Hall–Kier alpha value is -0.570. The Morgan fingerprint density at radius 3 is 2.86 bits per heavy atom. The van der Waals surface area contributed by atoms with Crippen LogP contribution in [0.3, 0.4) is 0 Å². The Morgan fingerprint density at radius 1 is 1.57 bits per heavy atom. The van der Waals surface area contributed by atoms with Gasteiger partial charge in [0.25, 0.3) is 0 Å². The maximum atomic E-state index is 11.5. The van der Waals surface area contributed by atoms with Gasteiger partial charge in [-0.2, -0.15) is 0 Å². The molecule has 1 fully saturated rings. The van der Waals surface area contributed by atoms with Crippen molar-refractivity contribution in [3.8, 4) is 0 Å². The van der Waals surface area contributed by atoms with Gasteiger partial charge in [-0.3, -0.25) is 4.79 Å². The molecule has 82 valence electrons. The van der Waals surface area contributed by atoms with Crippen LogP contribution in [0.25, 0.3) is 0 Å². The molecule has 0 radical (unpaired) electrons. The molecule has 3 heteroatoms. The molecule has 1 rings (SSSR count). The van der Waals surface area contributed by atoms with Crippen molar-refractivity contribution in [1.82, 2.24) is 10.2 Å². The normalized spacial score (nSPS) is 22.9. The molecule has 1 saturated heterocycles. The fourth-order valence-corrected chi connectivity index (χ4v) is 2.03. The standard InChI is InChI=1S/C11H22N2O/c1-4-11(14)13-7-5-6-10(8-13)12-9(2)3/h9-10,12H,4-8H2,1-3H3. The van der Waals surface area contributed by atoms with E-state index in [2.05, 4.69) is 19.2 Å². The lowest BCUT2D eigenvalue weighted by Crippen LogP contribution is -2.49. The Bertz CT molecular complexity index is 192. The van der Waals surface area contributed by atoms with Crippen molar-refractivity contribution in [2.24, 2.45) is 0 Å². The van der Waals surface area contributed by atoms with Crippen molar-refractivity contribution in [2.45, 2.75) is 52.1 Å². The first kappa shape index (κ1) is 11.5. The average Bonchev–Trinajstić information content (AvgIpc) is 2.16. The molecule has 1 aliphatic rings. The Morgan fingerprint density at radius 2 is 2.29 bits per heavy atom. The molecule has 0 aromatic rings. The molecule has 1 aliphatic heterocycles. The van der Waals surface area contributed by atoms with Crippen LogP contribution in [0.1, 0.15) is 40.0 Å². The summed E-state index contributed by atoms with van der Waals surface area (Å²) in [7, 11) is 0. The van der Waals surface area contributed by atoms with Gasteiger partial charge >= 0.3 is 0 Å². The van der Waals surface area contributed by atoms with Crippen LogP contribution in [0, 0.1) is 0 Å². The topological polar surface area (TPSA) is 32.3 Å². The zero-order valence-corrected chi connectivity index (χ0v) is 9.55. The zero-order valence-electron chi connectivity index (χ0n) is 9.55. The molecule has 1 unspecified atom stereocenters. The smallest absolute Gasteiger partial charge is 0.222 e. The van der Waals surface area contributed by atoms with E-state index in [0.29, 0.717) is 24.4 Å². The highest BCUT2D eigenvalue weighted by Gasteiger charge is 2.22. The number of carbonyl (C=O) groups excluding carboxylic acids is 1. The van der Waals surface area contributed by atoms with E-state index in [0.717, 1.165) is 19.5 Å². The van der Waals surface area contributed by atoms with Gasteiger partial charge in [0.1, 0.15) is 0 Å². The molecule has 0 bridgehead atoms. The first-order valence-electron chi connectivity index (χ1n) is 5.67. The largest absolute Gasteiger partial charge is 0.341 e. The van der Waals surface area contributed by atoms with Gasteiger partial charge in [0, 0.05) is 31.6 Å². The second-order valence-corrected chi connectivity index (χ2v) is 4.35. The van der Waals surface area contributed by atoms with Crippen molar-refractivity contribution in [3.05, 3.63) is 0 Å². The first-order chi connectivity index (χ1) is 6.63. The number of likely N-dealkylation sites (tertiary alicyclic amines) is 1. The van der Waals surface area contributed by atoms with E-state index < -0.39 is 0 Å². The summed E-state index contributed by atoms with van der Waals surface area (Å²) in [6.45, 7) is 8.08. The predicted octanol–water partition coefficient (Wildman–Crippen LogP) is 1.39. The van der Waals surface area contributed by atoms with Gasteiger partial charge in [-0.25, -0.2) is 0 Å². The maximum absolute atomic E-state index is 11.5. The fourth-order valence-electron chi connectivity index (χ4n) is 2.03. The van der Waals surface area contributed by atoms with Crippen molar-refractivity contribution in [2.75, 3.05) is 13.1 Å². The molecule has 0 aromatic carbocycles. The second kappa shape index (κ2) is 5.35. The van der Waals surface area contributed by atoms with Gasteiger partial charge < -0.3 is 10.2 Å². The third-order valence-corrected chi connectivity index (χ3v) is 2.65. The third kappa shape index (κ3) is 3.29. The summed E-state index contributed by atoms with van der Waals surface area (Å²) < 4.78 is 0. The van der Waals surface area contributed by atoms with Crippen molar-refractivity contribution in [3.63, 3.8) is 0 Å². The molecule has 1 atom stereocenters. The summed E-state index contributed by atoms with van der Waals surface area (Å²) >= 11 is 0. The van der Waals surface area contributed by atoms with Crippen LogP contribution >= 0.6 is 0 Å². The van der Waals surface area contributed by atoms with Crippen LogP contribution in [0.15, 0.2) is 0 Å². The van der Waals surface area contributed by atoms with E-state index >= 15 is 0 Å². The maximum Gasteiger partial charge on any atom is 0.222 e. The second-order valence-electron chi connectivity index (χ2n) is 4.35. The molecule has 0 saturated carbocycles. The van der Waals surface area contributed by atoms with E-state index in [1.54, 1.807) is 0 Å². The van der Waals surface area contributed by atoms with Crippen molar-refractivity contribution < 1.29 is 4.79 Å². The van der Waals surface area contributed by atoms with Gasteiger partial charge in [-0.1, -0.05) is 20.8 Å². The molecule has 14 heavy (non-hydrogen) atoms. The third-order valence-electron chi connectivity index (χ3n) is 2.65. The number of piperidine rings is 1. The van der Waals surface area contributed by atoms with Crippen LogP contribution in [0.2, 0.25) is 0 Å². The summed E-state index contributed by atoms with van der Waals surface area (Å²) in [5.74, 6) is 0.292. The van der Waals surface area contributed by atoms with Gasteiger partial charge in [-0.15, -0.1) is 0 Å². The van der Waals surface area contributed by atoms with Gasteiger partial charge in [0.2, 0.25) is 5.91 Å². The molecule has 1 N–H and O–H groups in total. The number of hydrogen-bond acceptors (Lipinski definition) is 2. The van der Waals surface area contributed by atoms with E-state index in [4.69, 9.17) is 0 Å². The SMILES string of the molecule is CCC(=O)N1CCCC(NC(C)C)C1. The summed E-state index contributed by atoms with van der Waals surface area (Å²) in [5, 5.41) is 3.50. The minimum atomic E-state index is 0.292. The quantitative estimate of drug-likeness (QED) is 0.743. The number of nitrogens with zero attached hydrogens (tertiary/aromatic N) is 1. The van der Waals surface area contributed by atoms with E-state index in [1.165, 1.54) is 6.42 Å². The highest BCUT2D eigenvalue weighted by Crippen LogP contribution is 2.11. The van der Waals surface area contributed by atoms with Crippen LogP contribution in [-0.4, -0.2) is 36.0 Å². The van der Waals surface area contributed by atoms with Crippen LogP contribution in [-0.2, 0) is 4.79 Å². The number of nitrogens with one attached hydrogen (secondary N) is 1. The minimum absolute atomic E-state index is 0.292. The lowest BCUT2D eigenvalue weighted by Gasteiger charge is -2.34. The summed E-state index contributed by atoms with van der Waals surface area (Å²) in [5.41, 5.74) is 0. The Labute approximate surface area is 86.9 Å². The molecule has 1 amide bonds. The van der Waals surface area contributed by atoms with Crippen LogP contribution < -0.4 is 5.32 Å². The molecule has 1 heterocycles. The van der Waals surface area contributed by atoms with Crippen molar-refractivity contribution in [1.29, 1.82) is 0 Å². The van der Waals surface area contributed by atoms with Crippen LogP contribution in [0.4, 0.5) is 0 Å². The lowest BCUT2D eigenvalue weighted by atomic mass is 10.0. The Kier molecular flexibility index (Phi) is 4.39. The number of carbonyl (C=O) groups is 1. The monoisotopic (exact) mass is 198 g/mol. The van der Waals surface area contributed by atoms with Crippen LogP contribution in [0.5, 0.6) is 0 Å². The highest BCUT2D eigenvalue weighted by molar-refractivity contribution is 5.75. The lowest BCUT2D eigenvalue weighted by molar-refractivity contribution is -0.132. The number of rotatable bonds is 3.